The van der Waals surface area contributed by atoms with E-state index in [0.717, 1.165) is 23.1 Å². The van der Waals surface area contributed by atoms with Crippen LogP contribution in [0.1, 0.15) is 53.3 Å². The van der Waals surface area contributed by atoms with E-state index in [9.17, 15) is 18.4 Å². The van der Waals surface area contributed by atoms with Crippen LogP contribution in [0.4, 0.5) is 8.78 Å². The molecular formula is C33H28F2N6O4. The minimum Gasteiger partial charge on any atom is -0.339 e. The van der Waals surface area contributed by atoms with Gasteiger partial charge in [-0.05, 0) is 42.2 Å². The van der Waals surface area contributed by atoms with Crippen molar-refractivity contribution in [3.63, 3.8) is 0 Å². The fraction of sp³-hybridized carbons (Fsp3) is 0.212. The van der Waals surface area contributed by atoms with Gasteiger partial charge in [0.2, 0.25) is 5.89 Å². The van der Waals surface area contributed by atoms with Crippen LogP contribution < -0.4 is 11.3 Å². The molecule has 12 heteroatoms. The van der Waals surface area contributed by atoms with Gasteiger partial charge in [-0.2, -0.15) is 4.98 Å². The first-order valence-corrected chi connectivity index (χ1v) is 14.4. The van der Waals surface area contributed by atoms with Gasteiger partial charge in [-0.25, -0.2) is 18.6 Å². The Morgan fingerprint density at radius 1 is 0.822 bits per heavy atom. The molecule has 10 nitrogen and oxygen atoms in total. The van der Waals surface area contributed by atoms with Crippen molar-refractivity contribution in [2.24, 2.45) is 0 Å². The number of nitrogens with zero attached hydrogens (tertiary/aromatic N) is 5. The van der Waals surface area contributed by atoms with Gasteiger partial charge in [0.15, 0.2) is 11.6 Å². The lowest BCUT2D eigenvalue weighted by atomic mass is 9.98. The summed E-state index contributed by atoms with van der Waals surface area (Å²) in [7, 11) is 0. The number of benzene rings is 3. The molecule has 0 aliphatic rings. The maximum Gasteiger partial charge on any atom is 0.439 e. The van der Waals surface area contributed by atoms with Crippen molar-refractivity contribution < 1.29 is 17.8 Å². The van der Waals surface area contributed by atoms with Gasteiger partial charge in [0.25, 0.3) is 5.56 Å². The number of aromatic amines is 1. The van der Waals surface area contributed by atoms with E-state index in [4.69, 9.17) is 9.51 Å². The lowest BCUT2D eigenvalue weighted by Gasteiger charge is -2.16. The third-order valence-electron chi connectivity index (χ3n) is 7.48. The molecule has 3 heterocycles. The van der Waals surface area contributed by atoms with Crippen molar-refractivity contribution in [2.75, 3.05) is 0 Å². The fourth-order valence-electron chi connectivity index (χ4n) is 5.24. The highest BCUT2D eigenvalue weighted by atomic mass is 19.1. The van der Waals surface area contributed by atoms with Crippen LogP contribution in [-0.2, 0) is 25.8 Å². The average Bonchev–Trinajstić information content (AvgIpc) is 3.68. The smallest absolute Gasteiger partial charge is 0.339 e. The quantitative estimate of drug-likeness (QED) is 0.218. The van der Waals surface area contributed by atoms with Crippen molar-refractivity contribution in [3.05, 3.63) is 139 Å². The van der Waals surface area contributed by atoms with Crippen LogP contribution in [-0.4, -0.2) is 29.8 Å². The Kier molecular flexibility index (Phi) is 8.28. The standard InChI is InChI=1S/C33H28F2N6O4/c1-3-7-29-36-19(2)24(17-30-37-28(39-44-30)16-25-26(34)10-6-11-27(25)35)32(42)41(29)18-20-12-14-21(15-13-20)22-8-4-5-9-23(22)31-38-33(43)45-40-31/h4-6,8-15H,3,7,16-18H2,1-2H3,(H,38,40,43). The van der Waals surface area contributed by atoms with Gasteiger partial charge in [0.05, 0.1) is 13.0 Å². The van der Waals surface area contributed by atoms with Crippen LogP contribution in [0.5, 0.6) is 0 Å². The van der Waals surface area contributed by atoms with Crippen LogP contribution >= 0.6 is 0 Å². The molecule has 1 N–H and O–H groups in total. The average molecular weight is 611 g/mol. The number of halogens is 2. The third kappa shape index (κ3) is 6.26. The molecule has 6 rings (SSSR count). The predicted octanol–water partition coefficient (Wildman–Crippen LogP) is 5.41. The predicted molar refractivity (Wildman–Crippen MR) is 161 cm³/mol. The zero-order chi connectivity index (χ0) is 31.5. The van der Waals surface area contributed by atoms with E-state index in [-0.39, 0.29) is 42.2 Å². The lowest BCUT2D eigenvalue weighted by molar-refractivity contribution is 0.379. The molecule has 45 heavy (non-hydrogen) atoms. The summed E-state index contributed by atoms with van der Waals surface area (Å²) in [5, 5.41) is 7.69. The molecule has 0 saturated carbocycles. The van der Waals surface area contributed by atoms with E-state index >= 15 is 0 Å². The molecule has 228 valence electrons. The Labute approximate surface area is 255 Å². The highest BCUT2D eigenvalue weighted by Gasteiger charge is 2.19. The molecule has 0 saturated heterocycles. The van der Waals surface area contributed by atoms with E-state index in [2.05, 4.69) is 24.8 Å². The Balaban J connectivity index is 1.27. The van der Waals surface area contributed by atoms with Crippen molar-refractivity contribution in [3.8, 4) is 22.5 Å². The first kappa shape index (κ1) is 29.5. The molecule has 0 spiro atoms. The zero-order valence-corrected chi connectivity index (χ0v) is 24.5. The molecule has 3 aromatic heterocycles. The Hall–Kier alpha value is -5.52. The van der Waals surface area contributed by atoms with Gasteiger partial charge in [0.1, 0.15) is 17.5 Å². The zero-order valence-electron chi connectivity index (χ0n) is 24.5. The fourth-order valence-corrected chi connectivity index (χ4v) is 5.24. The Morgan fingerprint density at radius 2 is 1.56 bits per heavy atom. The van der Waals surface area contributed by atoms with Crippen molar-refractivity contribution in [1.29, 1.82) is 0 Å². The maximum atomic E-state index is 14.1. The number of nitrogens with one attached hydrogen (secondary N) is 1. The van der Waals surface area contributed by atoms with E-state index in [1.165, 1.54) is 18.2 Å². The summed E-state index contributed by atoms with van der Waals surface area (Å²) in [6.45, 7) is 4.07. The molecule has 0 radical (unpaired) electrons. The summed E-state index contributed by atoms with van der Waals surface area (Å²) in [5.41, 5.74) is 3.92. The number of rotatable bonds is 10. The number of aryl methyl sites for hydroxylation is 2. The van der Waals surface area contributed by atoms with E-state index in [1.807, 2.05) is 55.5 Å². The van der Waals surface area contributed by atoms with Gasteiger partial charge in [0, 0.05) is 35.2 Å². The number of H-pyrrole nitrogens is 1. The second-order valence-electron chi connectivity index (χ2n) is 10.6. The summed E-state index contributed by atoms with van der Waals surface area (Å²) >= 11 is 0. The van der Waals surface area contributed by atoms with Crippen LogP contribution in [0.25, 0.3) is 22.5 Å². The van der Waals surface area contributed by atoms with Gasteiger partial charge in [-0.3, -0.25) is 18.9 Å². The highest BCUT2D eigenvalue weighted by molar-refractivity contribution is 5.80. The van der Waals surface area contributed by atoms with Crippen LogP contribution in [0, 0.1) is 18.6 Å². The maximum absolute atomic E-state index is 14.1. The van der Waals surface area contributed by atoms with Crippen LogP contribution in [0.15, 0.2) is 85.4 Å². The molecule has 0 unspecified atom stereocenters. The monoisotopic (exact) mass is 610 g/mol. The summed E-state index contributed by atoms with van der Waals surface area (Å²) in [4.78, 5) is 37.0. The molecule has 6 aromatic rings. The largest absolute Gasteiger partial charge is 0.439 e. The van der Waals surface area contributed by atoms with Crippen LogP contribution in [0.2, 0.25) is 0 Å². The Morgan fingerprint density at radius 3 is 2.24 bits per heavy atom. The number of hydrogen-bond donors (Lipinski definition) is 1. The van der Waals surface area contributed by atoms with Gasteiger partial charge in [-0.1, -0.05) is 71.8 Å². The molecule has 0 fully saturated rings. The third-order valence-corrected chi connectivity index (χ3v) is 7.48. The topological polar surface area (TPSA) is 133 Å². The van der Waals surface area contributed by atoms with Crippen molar-refractivity contribution in [2.45, 2.75) is 46.1 Å². The molecule has 0 aliphatic carbocycles. The van der Waals surface area contributed by atoms with E-state index < -0.39 is 17.4 Å². The summed E-state index contributed by atoms with van der Waals surface area (Å²) < 4.78 is 39.9. The number of aromatic nitrogens is 6. The minimum atomic E-state index is -0.695. The normalized spacial score (nSPS) is 11.3. The number of hydrogen-bond acceptors (Lipinski definition) is 8. The Bertz CT molecular complexity index is 2080. The molecule has 3 aromatic carbocycles. The minimum absolute atomic E-state index is 0.0245. The summed E-state index contributed by atoms with van der Waals surface area (Å²) in [6.07, 6.45) is 1.24. The second kappa shape index (κ2) is 12.6. The molecule has 0 bridgehead atoms. The molecule has 0 atom stereocenters. The molecular weight excluding hydrogens is 582 g/mol. The lowest BCUT2D eigenvalue weighted by Crippen LogP contribution is -2.30. The first-order valence-electron chi connectivity index (χ1n) is 14.4. The van der Waals surface area contributed by atoms with E-state index in [0.29, 0.717) is 34.9 Å². The van der Waals surface area contributed by atoms with Crippen molar-refractivity contribution in [1.82, 2.24) is 29.8 Å². The first-order chi connectivity index (χ1) is 21.8. The molecule has 0 aliphatic heterocycles. The second-order valence-corrected chi connectivity index (χ2v) is 10.6. The van der Waals surface area contributed by atoms with Crippen LogP contribution in [0.3, 0.4) is 0 Å². The highest BCUT2D eigenvalue weighted by Crippen LogP contribution is 2.30. The van der Waals surface area contributed by atoms with Gasteiger partial charge >= 0.3 is 5.76 Å². The molecule has 0 amide bonds. The van der Waals surface area contributed by atoms with Gasteiger partial charge in [-0.15, -0.1) is 0 Å². The van der Waals surface area contributed by atoms with Gasteiger partial charge < -0.3 is 4.52 Å². The SMILES string of the molecule is CCCc1nc(C)c(Cc2nc(Cc3c(F)cccc3F)no2)c(=O)n1Cc1ccc(-c2ccccc2-c2noc(=O)[nH]2)cc1. The summed E-state index contributed by atoms with van der Waals surface area (Å²) in [6, 6.07) is 18.9. The van der Waals surface area contributed by atoms with Crippen molar-refractivity contribution >= 4 is 0 Å². The van der Waals surface area contributed by atoms with E-state index in [1.54, 1.807) is 11.5 Å². The summed E-state index contributed by atoms with van der Waals surface area (Å²) in [5.74, 6) is -0.768.